The summed E-state index contributed by atoms with van der Waals surface area (Å²) in [4.78, 5) is 16.4. The van der Waals surface area contributed by atoms with Crippen LogP contribution in [0.25, 0.3) is 0 Å². The molecule has 2 aliphatic rings. The van der Waals surface area contributed by atoms with Gasteiger partial charge in [-0.25, -0.2) is 4.79 Å². The number of nitrogens with one attached hydrogen (secondary N) is 1. The fourth-order valence-electron chi connectivity index (χ4n) is 2.80. The predicted molar refractivity (Wildman–Crippen MR) is 64.5 cm³/mol. The van der Waals surface area contributed by atoms with Gasteiger partial charge < -0.3 is 15.1 Å². The van der Waals surface area contributed by atoms with Crippen LogP contribution in [0.2, 0.25) is 0 Å². The number of likely N-dealkylation sites (tertiary alicyclic amines) is 2. The summed E-state index contributed by atoms with van der Waals surface area (Å²) in [5.74, 6) is 0. The third-order valence-electron chi connectivity index (χ3n) is 3.69. The normalized spacial score (nSPS) is 26.2. The largest absolute Gasteiger partial charge is 0.325 e. The van der Waals surface area contributed by atoms with E-state index in [1.54, 1.807) is 0 Å². The van der Waals surface area contributed by atoms with Crippen LogP contribution < -0.4 is 5.32 Å². The molecule has 16 heavy (non-hydrogen) atoms. The van der Waals surface area contributed by atoms with Crippen LogP contribution in [0.15, 0.2) is 0 Å². The van der Waals surface area contributed by atoms with Crippen molar-refractivity contribution in [1.29, 1.82) is 0 Å². The van der Waals surface area contributed by atoms with Crippen LogP contribution in [-0.2, 0) is 0 Å². The first kappa shape index (κ1) is 11.7. The molecule has 0 spiro atoms. The van der Waals surface area contributed by atoms with Crippen molar-refractivity contribution >= 4 is 6.03 Å². The summed E-state index contributed by atoms with van der Waals surface area (Å²) in [6, 6.07) is 0.692. The topological polar surface area (TPSA) is 35.6 Å². The molecule has 2 fully saturated rings. The monoisotopic (exact) mass is 225 g/mol. The maximum Gasteiger partial charge on any atom is 0.320 e. The summed E-state index contributed by atoms with van der Waals surface area (Å²) in [6.07, 6.45) is 5.95. The summed E-state index contributed by atoms with van der Waals surface area (Å²) in [7, 11) is 1.96. The SMILES string of the molecule is CNCC1CCCN1C(=O)N1CCCCC1. The molecule has 2 amide bonds. The van der Waals surface area contributed by atoms with Crippen LogP contribution in [0, 0.1) is 0 Å². The van der Waals surface area contributed by atoms with Crippen molar-refractivity contribution in [2.75, 3.05) is 33.2 Å². The highest BCUT2D eigenvalue weighted by Crippen LogP contribution is 2.20. The van der Waals surface area contributed by atoms with E-state index in [4.69, 9.17) is 0 Å². The molecule has 0 aromatic heterocycles. The highest BCUT2D eigenvalue weighted by Gasteiger charge is 2.31. The Kier molecular flexibility index (Phi) is 4.04. The lowest BCUT2D eigenvalue weighted by Crippen LogP contribution is -2.49. The van der Waals surface area contributed by atoms with Gasteiger partial charge in [-0.15, -0.1) is 0 Å². The van der Waals surface area contributed by atoms with E-state index in [9.17, 15) is 4.79 Å². The highest BCUT2D eigenvalue weighted by molar-refractivity contribution is 5.75. The number of likely N-dealkylation sites (N-methyl/N-ethyl adjacent to an activating group) is 1. The smallest absolute Gasteiger partial charge is 0.320 e. The summed E-state index contributed by atoms with van der Waals surface area (Å²) in [6.45, 7) is 3.80. The standard InChI is InChI=1S/C12H23N3O/c1-13-10-11-6-5-9-15(11)12(16)14-7-3-2-4-8-14/h11,13H,2-10H2,1H3. The van der Waals surface area contributed by atoms with Crippen molar-refractivity contribution in [2.45, 2.75) is 38.1 Å². The Bertz CT molecular complexity index is 238. The minimum absolute atomic E-state index is 0.275. The van der Waals surface area contributed by atoms with Gasteiger partial charge in [0.1, 0.15) is 0 Å². The Balaban J connectivity index is 1.91. The van der Waals surface area contributed by atoms with Crippen molar-refractivity contribution in [1.82, 2.24) is 15.1 Å². The Morgan fingerprint density at radius 3 is 2.62 bits per heavy atom. The fourth-order valence-corrected chi connectivity index (χ4v) is 2.80. The predicted octanol–water partition coefficient (Wildman–Crippen LogP) is 1.28. The van der Waals surface area contributed by atoms with Crippen molar-refractivity contribution in [2.24, 2.45) is 0 Å². The van der Waals surface area contributed by atoms with E-state index in [1.807, 2.05) is 11.9 Å². The lowest BCUT2D eigenvalue weighted by molar-refractivity contribution is 0.139. The van der Waals surface area contributed by atoms with Gasteiger partial charge in [-0.1, -0.05) is 0 Å². The zero-order chi connectivity index (χ0) is 11.4. The zero-order valence-corrected chi connectivity index (χ0v) is 10.2. The third kappa shape index (κ3) is 2.48. The number of piperidine rings is 1. The molecule has 0 radical (unpaired) electrons. The quantitative estimate of drug-likeness (QED) is 0.768. The van der Waals surface area contributed by atoms with Gasteiger partial charge in [-0.2, -0.15) is 0 Å². The second-order valence-corrected chi connectivity index (χ2v) is 4.88. The summed E-state index contributed by atoms with van der Waals surface area (Å²) in [5, 5.41) is 3.19. The van der Waals surface area contributed by atoms with Crippen LogP contribution in [0.3, 0.4) is 0 Å². The van der Waals surface area contributed by atoms with Gasteiger partial charge in [-0.05, 0) is 39.2 Å². The minimum atomic E-state index is 0.275. The number of rotatable bonds is 2. The van der Waals surface area contributed by atoms with Gasteiger partial charge in [0.15, 0.2) is 0 Å². The molecule has 2 heterocycles. The molecule has 0 aliphatic carbocycles. The van der Waals surface area contributed by atoms with E-state index in [2.05, 4.69) is 10.2 Å². The van der Waals surface area contributed by atoms with Crippen LogP contribution in [0.1, 0.15) is 32.1 Å². The Morgan fingerprint density at radius 1 is 1.19 bits per heavy atom. The average molecular weight is 225 g/mol. The first-order chi connectivity index (χ1) is 7.83. The van der Waals surface area contributed by atoms with Crippen LogP contribution >= 0.6 is 0 Å². The number of urea groups is 1. The van der Waals surface area contributed by atoms with Gasteiger partial charge in [0.2, 0.25) is 0 Å². The van der Waals surface area contributed by atoms with Crippen LogP contribution in [0.4, 0.5) is 4.79 Å². The summed E-state index contributed by atoms with van der Waals surface area (Å²) < 4.78 is 0. The fraction of sp³-hybridized carbons (Fsp3) is 0.917. The van der Waals surface area contributed by atoms with Crippen molar-refractivity contribution in [3.8, 4) is 0 Å². The average Bonchev–Trinajstić information content (AvgIpc) is 2.78. The maximum atomic E-state index is 12.3. The molecule has 4 heteroatoms. The zero-order valence-electron chi connectivity index (χ0n) is 10.2. The summed E-state index contributed by atoms with van der Waals surface area (Å²) in [5.41, 5.74) is 0. The minimum Gasteiger partial charge on any atom is -0.325 e. The molecular weight excluding hydrogens is 202 g/mol. The Labute approximate surface area is 98.0 Å². The number of hydrogen-bond donors (Lipinski definition) is 1. The molecule has 4 nitrogen and oxygen atoms in total. The van der Waals surface area contributed by atoms with E-state index < -0.39 is 0 Å². The van der Waals surface area contributed by atoms with Crippen LogP contribution in [-0.4, -0.2) is 55.1 Å². The van der Waals surface area contributed by atoms with Crippen molar-refractivity contribution in [3.05, 3.63) is 0 Å². The van der Waals surface area contributed by atoms with Gasteiger partial charge >= 0.3 is 6.03 Å². The second kappa shape index (κ2) is 5.53. The maximum absolute atomic E-state index is 12.3. The molecule has 1 atom stereocenters. The third-order valence-corrected chi connectivity index (χ3v) is 3.69. The van der Waals surface area contributed by atoms with E-state index in [0.717, 1.165) is 39.0 Å². The van der Waals surface area contributed by atoms with Gasteiger partial charge in [0.05, 0.1) is 0 Å². The molecule has 2 saturated heterocycles. The lowest BCUT2D eigenvalue weighted by atomic mass is 10.1. The van der Waals surface area contributed by atoms with Crippen molar-refractivity contribution in [3.63, 3.8) is 0 Å². The first-order valence-electron chi connectivity index (χ1n) is 6.53. The molecule has 0 bridgehead atoms. The molecular formula is C12H23N3O. The highest BCUT2D eigenvalue weighted by atomic mass is 16.2. The number of amides is 2. The molecule has 1 unspecified atom stereocenters. The Morgan fingerprint density at radius 2 is 1.94 bits per heavy atom. The Hall–Kier alpha value is -0.770. The first-order valence-corrected chi connectivity index (χ1v) is 6.53. The number of nitrogens with zero attached hydrogens (tertiary/aromatic N) is 2. The summed E-state index contributed by atoms with van der Waals surface area (Å²) >= 11 is 0. The van der Waals surface area contributed by atoms with Crippen molar-refractivity contribution < 1.29 is 4.79 Å². The lowest BCUT2D eigenvalue weighted by Gasteiger charge is -2.33. The van der Waals surface area contributed by atoms with Gasteiger partial charge in [0, 0.05) is 32.2 Å². The van der Waals surface area contributed by atoms with E-state index in [-0.39, 0.29) is 6.03 Å². The second-order valence-electron chi connectivity index (χ2n) is 4.88. The van der Waals surface area contributed by atoms with E-state index in [0.29, 0.717) is 6.04 Å². The molecule has 1 N–H and O–H groups in total. The van der Waals surface area contributed by atoms with Crippen LogP contribution in [0.5, 0.6) is 0 Å². The number of carbonyl (C=O) groups is 1. The van der Waals surface area contributed by atoms with Gasteiger partial charge in [-0.3, -0.25) is 0 Å². The molecule has 92 valence electrons. The molecule has 2 rings (SSSR count). The van der Waals surface area contributed by atoms with E-state index >= 15 is 0 Å². The van der Waals surface area contributed by atoms with E-state index in [1.165, 1.54) is 19.3 Å². The molecule has 0 aromatic carbocycles. The number of hydrogen-bond acceptors (Lipinski definition) is 2. The molecule has 2 aliphatic heterocycles. The van der Waals surface area contributed by atoms with Gasteiger partial charge in [0.25, 0.3) is 0 Å². The molecule has 0 saturated carbocycles. The number of carbonyl (C=O) groups excluding carboxylic acids is 1. The molecule has 0 aromatic rings.